The lowest BCUT2D eigenvalue weighted by atomic mass is 9.98. The molecule has 0 radical (unpaired) electrons. The van der Waals surface area contributed by atoms with Crippen molar-refractivity contribution >= 4 is 10.0 Å². The average molecular weight is 316 g/mol. The highest BCUT2D eigenvalue weighted by molar-refractivity contribution is 7.89. The van der Waals surface area contributed by atoms with Crippen LogP contribution in [0.1, 0.15) is 57.6 Å². The minimum Gasteiger partial charge on any atom is -0.465 e. The summed E-state index contributed by atoms with van der Waals surface area (Å²) >= 11 is 0. The quantitative estimate of drug-likeness (QED) is 0.773. The molecule has 5 nitrogen and oxygen atoms in total. The van der Waals surface area contributed by atoms with Gasteiger partial charge in [-0.1, -0.05) is 20.8 Å². The van der Waals surface area contributed by atoms with Gasteiger partial charge in [-0.25, -0.2) is 13.1 Å². The molecule has 1 heterocycles. The highest BCUT2D eigenvalue weighted by Crippen LogP contribution is 2.28. The first-order valence-electron chi connectivity index (χ1n) is 7.54. The Labute approximate surface area is 128 Å². The second kappa shape index (κ2) is 6.94. The number of aryl methyl sites for hydroxylation is 2. The van der Waals surface area contributed by atoms with E-state index in [4.69, 9.17) is 4.42 Å². The van der Waals surface area contributed by atoms with Gasteiger partial charge in [0.15, 0.2) is 0 Å². The molecule has 122 valence electrons. The summed E-state index contributed by atoms with van der Waals surface area (Å²) in [5, 5.41) is 3.17. The summed E-state index contributed by atoms with van der Waals surface area (Å²) in [6, 6.07) is 0. The molecule has 0 spiro atoms. The van der Waals surface area contributed by atoms with Crippen molar-refractivity contribution in [2.24, 2.45) is 0 Å². The Morgan fingerprint density at radius 3 is 2.14 bits per heavy atom. The van der Waals surface area contributed by atoms with E-state index in [9.17, 15) is 8.42 Å². The highest BCUT2D eigenvalue weighted by Gasteiger charge is 2.32. The van der Waals surface area contributed by atoms with Gasteiger partial charge in [0.05, 0.1) is 0 Å². The van der Waals surface area contributed by atoms with Crippen LogP contribution in [0.2, 0.25) is 0 Å². The number of nitrogens with one attached hydrogen (secondary N) is 2. The summed E-state index contributed by atoms with van der Waals surface area (Å²) in [6.07, 6.45) is 1.47. The molecule has 0 aromatic carbocycles. The van der Waals surface area contributed by atoms with Crippen LogP contribution >= 0.6 is 0 Å². The molecule has 0 amide bonds. The van der Waals surface area contributed by atoms with E-state index >= 15 is 0 Å². The molecule has 0 saturated carbocycles. The van der Waals surface area contributed by atoms with E-state index in [0.29, 0.717) is 18.1 Å². The summed E-state index contributed by atoms with van der Waals surface area (Å²) < 4.78 is 34.0. The molecule has 0 aliphatic heterocycles. The van der Waals surface area contributed by atoms with Crippen molar-refractivity contribution in [2.75, 3.05) is 6.54 Å². The lowest BCUT2D eigenvalue weighted by molar-refractivity contribution is 0.388. The lowest BCUT2D eigenvalue weighted by Crippen LogP contribution is -2.45. The monoisotopic (exact) mass is 316 g/mol. The first-order valence-corrected chi connectivity index (χ1v) is 9.02. The van der Waals surface area contributed by atoms with Crippen LogP contribution in [0.15, 0.2) is 9.31 Å². The van der Waals surface area contributed by atoms with Crippen molar-refractivity contribution in [1.29, 1.82) is 0 Å². The molecule has 0 saturated heterocycles. The normalized spacial score (nSPS) is 12.9. The molecular weight excluding hydrogens is 288 g/mol. The van der Waals surface area contributed by atoms with E-state index in [2.05, 4.69) is 10.0 Å². The van der Waals surface area contributed by atoms with Crippen LogP contribution in [-0.4, -0.2) is 20.5 Å². The summed E-state index contributed by atoms with van der Waals surface area (Å²) in [6.45, 7) is 12.7. The van der Waals surface area contributed by atoms with E-state index in [1.807, 2.05) is 27.7 Å². The van der Waals surface area contributed by atoms with Crippen molar-refractivity contribution in [3.05, 3.63) is 17.1 Å². The molecule has 1 aromatic heterocycles. The minimum absolute atomic E-state index is 0.286. The van der Waals surface area contributed by atoms with Gasteiger partial charge in [0.25, 0.3) is 0 Å². The number of furan rings is 1. The zero-order valence-electron chi connectivity index (χ0n) is 14.0. The van der Waals surface area contributed by atoms with Crippen LogP contribution in [0.3, 0.4) is 0 Å². The standard InChI is InChI=1S/C15H28N2O3S/c1-7-15(6,8-2)17-21(18,19)14-12(5)20-11(4)13(14)10-16-9-3/h16-17H,7-10H2,1-6H3. The molecule has 0 aliphatic rings. The molecule has 2 N–H and O–H groups in total. The van der Waals surface area contributed by atoms with Crippen LogP contribution in [0.25, 0.3) is 0 Å². The van der Waals surface area contributed by atoms with Gasteiger partial charge in [-0.2, -0.15) is 0 Å². The molecule has 1 aromatic rings. The number of rotatable bonds is 8. The molecule has 0 atom stereocenters. The Morgan fingerprint density at radius 2 is 1.67 bits per heavy atom. The zero-order valence-corrected chi connectivity index (χ0v) is 14.8. The Balaban J connectivity index is 3.25. The fraction of sp³-hybridized carbons (Fsp3) is 0.733. The number of sulfonamides is 1. The second-order valence-corrected chi connectivity index (χ2v) is 7.29. The molecule has 0 aliphatic carbocycles. The van der Waals surface area contributed by atoms with Gasteiger partial charge in [0.1, 0.15) is 16.4 Å². The van der Waals surface area contributed by atoms with E-state index < -0.39 is 15.6 Å². The predicted octanol–water partition coefficient (Wildman–Crippen LogP) is 2.86. The lowest BCUT2D eigenvalue weighted by Gasteiger charge is -2.28. The maximum atomic E-state index is 12.8. The van der Waals surface area contributed by atoms with Crippen LogP contribution in [0.5, 0.6) is 0 Å². The Morgan fingerprint density at radius 1 is 1.10 bits per heavy atom. The van der Waals surface area contributed by atoms with E-state index in [0.717, 1.165) is 24.9 Å². The van der Waals surface area contributed by atoms with Crippen molar-refractivity contribution in [3.63, 3.8) is 0 Å². The molecule has 6 heteroatoms. The molecular formula is C15H28N2O3S. The molecule has 0 unspecified atom stereocenters. The number of hydrogen-bond acceptors (Lipinski definition) is 4. The minimum atomic E-state index is -3.60. The van der Waals surface area contributed by atoms with Gasteiger partial charge >= 0.3 is 0 Å². The third-order valence-electron chi connectivity index (χ3n) is 4.09. The summed E-state index contributed by atoms with van der Waals surface area (Å²) in [5.74, 6) is 1.10. The first-order chi connectivity index (χ1) is 9.70. The van der Waals surface area contributed by atoms with Crippen LogP contribution in [0.4, 0.5) is 0 Å². The zero-order chi connectivity index (χ0) is 16.3. The van der Waals surface area contributed by atoms with Gasteiger partial charge < -0.3 is 9.73 Å². The third-order valence-corrected chi connectivity index (χ3v) is 5.92. The van der Waals surface area contributed by atoms with Crippen LogP contribution in [0, 0.1) is 13.8 Å². The Hall–Kier alpha value is -0.850. The van der Waals surface area contributed by atoms with E-state index in [1.165, 1.54) is 0 Å². The summed E-state index contributed by atoms with van der Waals surface area (Å²) in [5.41, 5.74) is 0.280. The molecule has 21 heavy (non-hydrogen) atoms. The van der Waals surface area contributed by atoms with Crippen molar-refractivity contribution in [2.45, 2.75) is 71.4 Å². The van der Waals surface area contributed by atoms with Gasteiger partial charge in [0, 0.05) is 17.6 Å². The Kier molecular flexibility index (Phi) is 6.01. The molecule has 1 rings (SSSR count). The maximum Gasteiger partial charge on any atom is 0.244 e. The second-order valence-electron chi connectivity index (χ2n) is 5.68. The highest BCUT2D eigenvalue weighted by atomic mass is 32.2. The molecule has 0 bridgehead atoms. The summed E-state index contributed by atoms with van der Waals surface area (Å²) in [4.78, 5) is 0.286. The van der Waals surface area contributed by atoms with E-state index in [1.54, 1.807) is 13.8 Å². The topological polar surface area (TPSA) is 71.3 Å². The fourth-order valence-corrected chi connectivity index (χ4v) is 4.29. The van der Waals surface area contributed by atoms with Crippen molar-refractivity contribution in [3.8, 4) is 0 Å². The van der Waals surface area contributed by atoms with Crippen molar-refractivity contribution in [1.82, 2.24) is 10.0 Å². The van der Waals surface area contributed by atoms with Gasteiger partial charge in [-0.05, 0) is 40.2 Å². The Bertz CT molecular complexity index is 572. The van der Waals surface area contributed by atoms with Gasteiger partial charge in [-0.3, -0.25) is 0 Å². The van der Waals surface area contributed by atoms with Crippen LogP contribution < -0.4 is 10.0 Å². The van der Waals surface area contributed by atoms with Crippen molar-refractivity contribution < 1.29 is 12.8 Å². The third kappa shape index (κ3) is 4.08. The van der Waals surface area contributed by atoms with Gasteiger partial charge in [0.2, 0.25) is 10.0 Å². The maximum absolute atomic E-state index is 12.8. The first kappa shape index (κ1) is 18.2. The molecule has 0 fully saturated rings. The average Bonchev–Trinajstić information content (AvgIpc) is 2.70. The largest absolute Gasteiger partial charge is 0.465 e. The smallest absolute Gasteiger partial charge is 0.244 e. The van der Waals surface area contributed by atoms with E-state index in [-0.39, 0.29) is 4.90 Å². The van der Waals surface area contributed by atoms with Gasteiger partial charge in [-0.15, -0.1) is 0 Å². The predicted molar refractivity (Wildman–Crippen MR) is 84.9 cm³/mol. The number of hydrogen-bond donors (Lipinski definition) is 2. The fourth-order valence-electron chi connectivity index (χ4n) is 2.29. The van der Waals surface area contributed by atoms with Crippen LogP contribution in [-0.2, 0) is 16.6 Å². The SMILES string of the molecule is CCNCc1c(C)oc(C)c1S(=O)(=O)NC(C)(CC)CC. The summed E-state index contributed by atoms with van der Waals surface area (Å²) in [7, 11) is -3.60.